The minimum Gasteiger partial charge on any atom is -0.368 e. The fourth-order valence-corrected chi connectivity index (χ4v) is 1.65. The number of nitrogens with one attached hydrogen (secondary N) is 3. The van der Waals surface area contributed by atoms with Crippen molar-refractivity contribution >= 4 is 22.9 Å². The standard InChI is InChI=1S/C13H22N6/c1-5-13(3,4)7-15-10-9-11(17-8-16-9)19-12(18-10)14-6-2/h8H,5-7H2,1-4H3,(H3,14,15,16,17,18,19). The molecule has 0 aliphatic carbocycles. The van der Waals surface area contributed by atoms with Crippen molar-refractivity contribution < 1.29 is 0 Å². The molecule has 6 nitrogen and oxygen atoms in total. The fraction of sp³-hybridized carbons (Fsp3) is 0.615. The summed E-state index contributed by atoms with van der Waals surface area (Å²) in [5.41, 5.74) is 1.77. The first kappa shape index (κ1) is 13.6. The van der Waals surface area contributed by atoms with Gasteiger partial charge in [0.25, 0.3) is 0 Å². The predicted molar refractivity (Wildman–Crippen MR) is 78.4 cm³/mol. The van der Waals surface area contributed by atoms with Crippen LogP contribution in [0.15, 0.2) is 6.33 Å². The van der Waals surface area contributed by atoms with Crippen molar-refractivity contribution in [2.24, 2.45) is 5.41 Å². The molecule has 0 aliphatic rings. The van der Waals surface area contributed by atoms with Crippen molar-refractivity contribution in [1.82, 2.24) is 19.9 Å². The van der Waals surface area contributed by atoms with Gasteiger partial charge in [-0.3, -0.25) is 0 Å². The smallest absolute Gasteiger partial charge is 0.226 e. The molecule has 0 bridgehead atoms. The van der Waals surface area contributed by atoms with Crippen LogP contribution in [0.5, 0.6) is 0 Å². The number of hydrogen-bond donors (Lipinski definition) is 3. The van der Waals surface area contributed by atoms with Gasteiger partial charge in [-0.05, 0) is 18.8 Å². The molecule has 2 heterocycles. The zero-order valence-electron chi connectivity index (χ0n) is 12.0. The molecule has 104 valence electrons. The molecule has 0 unspecified atom stereocenters. The lowest BCUT2D eigenvalue weighted by Gasteiger charge is -2.23. The second kappa shape index (κ2) is 5.42. The first-order valence-electron chi connectivity index (χ1n) is 6.74. The van der Waals surface area contributed by atoms with Gasteiger partial charge in [0.1, 0.15) is 5.52 Å². The highest BCUT2D eigenvalue weighted by Crippen LogP contribution is 2.23. The van der Waals surface area contributed by atoms with Crippen LogP contribution in [0.2, 0.25) is 0 Å². The van der Waals surface area contributed by atoms with Crippen LogP contribution in [0.25, 0.3) is 11.2 Å². The zero-order chi connectivity index (χ0) is 13.9. The quantitative estimate of drug-likeness (QED) is 0.746. The number of aromatic amines is 1. The summed E-state index contributed by atoms with van der Waals surface area (Å²) in [6.07, 6.45) is 2.75. The number of H-pyrrole nitrogens is 1. The first-order valence-corrected chi connectivity index (χ1v) is 6.74. The summed E-state index contributed by atoms with van der Waals surface area (Å²) in [6, 6.07) is 0. The summed E-state index contributed by atoms with van der Waals surface area (Å²) in [5, 5.41) is 6.53. The molecule has 0 fully saturated rings. The van der Waals surface area contributed by atoms with Gasteiger partial charge in [-0.2, -0.15) is 9.97 Å². The first-order chi connectivity index (χ1) is 9.05. The van der Waals surface area contributed by atoms with Crippen molar-refractivity contribution in [3.05, 3.63) is 6.33 Å². The second-order valence-corrected chi connectivity index (χ2v) is 5.40. The van der Waals surface area contributed by atoms with Gasteiger partial charge in [-0.1, -0.05) is 20.8 Å². The van der Waals surface area contributed by atoms with Gasteiger partial charge >= 0.3 is 0 Å². The normalized spacial score (nSPS) is 11.8. The molecular weight excluding hydrogens is 240 g/mol. The number of nitrogens with zero attached hydrogens (tertiary/aromatic N) is 3. The fourth-order valence-electron chi connectivity index (χ4n) is 1.65. The number of hydrogen-bond acceptors (Lipinski definition) is 5. The monoisotopic (exact) mass is 262 g/mol. The SMILES string of the molecule is CCNc1nc(NCC(C)(C)CC)c2[nH]cnc2n1. The van der Waals surface area contributed by atoms with E-state index in [0.29, 0.717) is 11.6 Å². The van der Waals surface area contributed by atoms with E-state index in [9.17, 15) is 0 Å². The minimum atomic E-state index is 0.232. The Morgan fingerprint density at radius 1 is 1.21 bits per heavy atom. The summed E-state index contributed by atoms with van der Waals surface area (Å²) < 4.78 is 0. The predicted octanol–water partition coefficient (Wildman–Crippen LogP) is 2.63. The lowest BCUT2D eigenvalue weighted by Crippen LogP contribution is -2.22. The second-order valence-electron chi connectivity index (χ2n) is 5.40. The van der Waals surface area contributed by atoms with E-state index in [4.69, 9.17) is 0 Å². The summed E-state index contributed by atoms with van der Waals surface area (Å²) >= 11 is 0. The van der Waals surface area contributed by atoms with E-state index in [2.05, 4.69) is 51.3 Å². The van der Waals surface area contributed by atoms with Crippen molar-refractivity contribution in [2.45, 2.75) is 34.1 Å². The van der Waals surface area contributed by atoms with Crippen LogP contribution in [0, 0.1) is 5.41 Å². The molecule has 0 atom stereocenters. The number of aromatic nitrogens is 4. The summed E-state index contributed by atoms with van der Waals surface area (Å²) in [4.78, 5) is 16.1. The van der Waals surface area contributed by atoms with Gasteiger partial charge in [0.15, 0.2) is 11.5 Å². The van der Waals surface area contributed by atoms with Crippen molar-refractivity contribution in [3.8, 4) is 0 Å². The summed E-state index contributed by atoms with van der Waals surface area (Å²) in [6.45, 7) is 10.3. The lowest BCUT2D eigenvalue weighted by molar-refractivity contribution is 0.376. The maximum absolute atomic E-state index is 4.50. The maximum atomic E-state index is 4.50. The topological polar surface area (TPSA) is 78.5 Å². The van der Waals surface area contributed by atoms with Crippen LogP contribution in [0.4, 0.5) is 11.8 Å². The van der Waals surface area contributed by atoms with Crippen LogP contribution in [-0.4, -0.2) is 33.0 Å². The number of rotatable bonds is 6. The minimum absolute atomic E-state index is 0.232. The van der Waals surface area contributed by atoms with Crippen molar-refractivity contribution in [3.63, 3.8) is 0 Å². The Kier molecular flexibility index (Phi) is 3.87. The molecule has 19 heavy (non-hydrogen) atoms. The molecule has 2 rings (SSSR count). The van der Waals surface area contributed by atoms with Gasteiger partial charge in [0.05, 0.1) is 6.33 Å². The highest BCUT2D eigenvalue weighted by Gasteiger charge is 2.16. The Morgan fingerprint density at radius 2 is 2.00 bits per heavy atom. The number of fused-ring (bicyclic) bond motifs is 1. The molecule has 2 aromatic heterocycles. The molecule has 0 amide bonds. The van der Waals surface area contributed by atoms with Crippen LogP contribution in [0.1, 0.15) is 34.1 Å². The molecule has 0 radical (unpaired) electrons. The molecule has 2 aromatic rings. The Morgan fingerprint density at radius 3 is 2.68 bits per heavy atom. The highest BCUT2D eigenvalue weighted by atomic mass is 15.2. The van der Waals surface area contributed by atoms with Gasteiger partial charge in [-0.25, -0.2) is 4.98 Å². The molecule has 0 aliphatic heterocycles. The third-order valence-electron chi connectivity index (χ3n) is 3.31. The van der Waals surface area contributed by atoms with Crippen LogP contribution in [-0.2, 0) is 0 Å². The van der Waals surface area contributed by atoms with Gasteiger partial charge in [0.2, 0.25) is 5.95 Å². The Bertz CT molecular complexity index is 545. The molecule has 6 heteroatoms. The molecule has 0 saturated carbocycles. The maximum Gasteiger partial charge on any atom is 0.226 e. The van der Waals surface area contributed by atoms with Crippen molar-refractivity contribution in [1.29, 1.82) is 0 Å². The highest BCUT2D eigenvalue weighted by molar-refractivity contribution is 5.83. The van der Waals surface area contributed by atoms with Crippen LogP contribution in [0.3, 0.4) is 0 Å². The molecule has 0 saturated heterocycles. The third kappa shape index (κ3) is 3.13. The van der Waals surface area contributed by atoms with Gasteiger partial charge in [0, 0.05) is 13.1 Å². The average Bonchev–Trinajstić information content (AvgIpc) is 2.85. The zero-order valence-corrected chi connectivity index (χ0v) is 12.0. The van der Waals surface area contributed by atoms with E-state index in [-0.39, 0.29) is 5.41 Å². The van der Waals surface area contributed by atoms with E-state index in [1.165, 1.54) is 0 Å². The van der Waals surface area contributed by atoms with E-state index >= 15 is 0 Å². The van der Waals surface area contributed by atoms with Crippen LogP contribution >= 0.6 is 0 Å². The number of imidazole rings is 1. The van der Waals surface area contributed by atoms with Crippen LogP contribution < -0.4 is 10.6 Å². The Labute approximate surface area is 113 Å². The largest absolute Gasteiger partial charge is 0.368 e. The van der Waals surface area contributed by atoms with E-state index < -0.39 is 0 Å². The van der Waals surface area contributed by atoms with E-state index in [0.717, 1.165) is 30.8 Å². The molecule has 0 aromatic carbocycles. The van der Waals surface area contributed by atoms with Gasteiger partial charge in [-0.15, -0.1) is 0 Å². The average molecular weight is 262 g/mol. The van der Waals surface area contributed by atoms with E-state index in [1.54, 1.807) is 6.33 Å². The summed E-state index contributed by atoms with van der Waals surface area (Å²) in [7, 11) is 0. The Balaban J connectivity index is 2.27. The van der Waals surface area contributed by atoms with Crippen molar-refractivity contribution in [2.75, 3.05) is 23.7 Å². The summed E-state index contributed by atoms with van der Waals surface area (Å²) in [5.74, 6) is 1.42. The van der Waals surface area contributed by atoms with Gasteiger partial charge < -0.3 is 15.6 Å². The number of anilines is 2. The third-order valence-corrected chi connectivity index (χ3v) is 3.31. The lowest BCUT2D eigenvalue weighted by atomic mass is 9.90. The molecular formula is C13H22N6. The Hall–Kier alpha value is -1.85. The van der Waals surface area contributed by atoms with E-state index in [1.807, 2.05) is 6.92 Å². The molecule has 0 spiro atoms. The molecule has 3 N–H and O–H groups in total.